The van der Waals surface area contributed by atoms with Gasteiger partial charge in [-0.3, -0.25) is 4.79 Å². The van der Waals surface area contributed by atoms with E-state index in [0.717, 1.165) is 31.4 Å². The van der Waals surface area contributed by atoms with Gasteiger partial charge < -0.3 is 18.9 Å². The minimum atomic E-state index is -0.823. The van der Waals surface area contributed by atoms with Crippen molar-refractivity contribution in [1.82, 2.24) is 0 Å². The van der Waals surface area contributed by atoms with Gasteiger partial charge in [-0.05, 0) is 79.0 Å². The van der Waals surface area contributed by atoms with Crippen molar-refractivity contribution < 1.29 is 23.7 Å². The fourth-order valence-electron chi connectivity index (χ4n) is 9.65. The summed E-state index contributed by atoms with van der Waals surface area (Å²) in [5, 5.41) is 0. The standard InChI is InChI=1S/C28H36O5/c1-17-23(24(29)31-5)28(26(3)32-14-15-33-26)13-12-27(17)22-9-6-18-16-19(30-4)7-8-20(18)21(22)10-11-25(27,28)2/h7-8,12-13,16-17,21-23H,6,9-11,14-15H2,1-5H3/t17-,21-,22-,23+,25+,27?,28+/m1/s1. The number of hydrogen-bond donors (Lipinski definition) is 0. The van der Waals surface area contributed by atoms with Crippen LogP contribution in [0.25, 0.3) is 0 Å². The second kappa shape index (κ2) is 6.85. The van der Waals surface area contributed by atoms with E-state index in [4.69, 9.17) is 18.9 Å². The molecule has 3 fully saturated rings. The van der Waals surface area contributed by atoms with Gasteiger partial charge in [-0.2, -0.15) is 0 Å². The van der Waals surface area contributed by atoms with Gasteiger partial charge in [0.25, 0.3) is 0 Å². The molecule has 5 aliphatic rings. The molecular formula is C28H36O5. The van der Waals surface area contributed by atoms with Crippen molar-refractivity contribution in [3.8, 4) is 5.75 Å². The highest BCUT2D eigenvalue weighted by Gasteiger charge is 2.83. The fourth-order valence-corrected chi connectivity index (χ4v) is 9.65. The lowest BCUT2D eigenvalue weighted by atomic mass is 9.44. The Balaban J connectivity index is 1.52. The molecule has 7 atom stereocenters. The summed E-state index contributed by atoms with van der Waals surface area (Å²) in [5.41, 5.74) is 2.14. The number of fused-ring (bicyclic) bond motifs is 3. The molecule has 33 heavy (non-hydrogen) atoms. The number of hydrogen-bond acceptors (Lipinski definition) is 5. The van der Waals surface area contributed by atoms with Crippen molar-refractivity contribution in [2.75, 3.05) is 27.4 Å². The number of rotatable bonds is 3. The van der Waals surface area contributed by atoms with E-state index < -0.39 is 11.2 Å². The molecule has 6 rings (SSSR count). The first-order valence-electron chi connectivity index (χ1n) is 12.5. The van der Waals surface area contributed by atoms with Crippen molar-refractivity contribution >= 4 is 5.97 Å². The monoisotopic (exact) mass is 452 g/mol. The Morgan fingerprint density at radius 1 is 1.09 bits per heavy atom. The zero-order valence-corrected chi connectivity index (χ0v) is 20.5. The maximum atomic E-state index is 13.4. The van der Waals surface area contributed by atoms with Crippen molar-refractivity contribution in [3.63, 3.8) is 0 Å². The topological polar surface area (TPSA) is 54.0 Å². The van der Waals surface area contributed by atoms with Gasteiger partial charge in [-0.25, -0.2) is 0 Å². The number of carbonyl (C=O) groups excluding carboxylic acids is 1. The molecule has 0 aromatic heterocycles. The molecule has 5 heteroatoms. The predicted molar refractivity (Wildman–Crippen MR) is 124 cm³/mol. The van der Waals surface area contributed by atoms with Crippen LogP contribution in [-0.2, 0) is 25.4 Å². The number of allylic oxidation sites excluding steroid dienone is 1. The molecule has 178 valence electrons. The van der Waals surface area contributed by atoms with Crippen LogP contribution in [0.5, 0.6) is 5.75 Å². The minimum absolute atomic E-state index is 0.0925. The Bertz CT molecular complexity index is 1030. The van der Waals surface area contributed by atoms with Crippen LogP contribution >= 0.6 is 0 Å². The van der Waals surface area contributed by atoms with E-state index in [2.05, 4.69) is 51.1 Å². The Morgan fingerprint density at radius 3 is 2.55 bits per heavy atom. The summed E-state index contributed by atoms with van der Waals surface area (Å²) >= 11 is 0. The summed E-state index contributed by atoms with van der Waals surface area (Å²) in [7, 11) is 3.26. The summed E-state index contributed by atoms with van der Waals surface area (Å²) in [6, 6.07) is 6.62. The van der Waals surface area contributed by atoms with Gasteiger partial charge in [0.05, 0.1) is 38.8 Å². The molecule has 1 saturated heterocycles. The first-order valence-corrected chi connectivity index (χ1v) is 12.5. The molecule has 1 unspecified atom stereocenters. The molecule has 0 N–H and O–H groups in total. The quantitative estimate of drug-likeness (QED) is 0.483. The molecule has 2 bridgehead atoms. The fraction of sp³-hybridized carbons (Fsp3) is 0.679. The second-order valence-electron chi connectivity index (χ2n) is 11.3. The zero-order chi connectivity index (χ0) is 23.2. The van der Waals surface area contributed by atoms with Crippen molar-refractivity contribution in [3.05, 3.63) is 41.5 Å². The average Bonchev–Trinajstić information content (AvgIpc) is 3.44. The van der Waals surface area contributed by atoms with Crippen LogP contribution in [0.3, 0.4) is 0 Å². The highest BCUT2D eigenvalue weighted by Crippen LogP contribution is 2.84. The summed E-state index contributed by atoms with van der Waals surface area (Å²) in [6.45, 7) is 7.91. The van der Waals surface area contributed by atoms with Crippen LogP contribution in [-0.4, -0.2) is 39.2 Å². The molecule has 1 aromatic carbocycles. The van der Waals surface area contributed by atoms with E-state index in [-0.39, 0.29) is 28.6 Å². The number of ether oxygens (including phenoxy) is 4. The number of carbonyl (C=O) groups is 1. The lowest BCUT2D eigenvalue weighted by Crippen LogP contribution is -2.59. The second-order valence-corrected chi connectivity index (χ2v) is 11.3. The van der Waals surface area contributed by atoms with Crippen LogP contribution in [0.2, 0.25) is 0 Å². The van der Waals surface area contributed by atoms with Gasteiger partial charge in [-0.1, -0.05) is 32.1 Å². The van der Waals surface area contributed by atoms with Gasteiger partial charge in [0.2, 0.25) is 0 Å². The first kappa shape index (κ1) is 21.7. The highest BCUT2D eigenvalue weighted by molar-refractivity contribution is 5.77. The van der Waals surface area contributed by atoms with Gasteiger partial charge in [0.15, 0.2) is 5.79 Å². The van der Waals surface area contributed by atoms with Crippen LogP contribution in [0.4, 0.5) is 0 Å². The Morgan fingerprint density at radius 2 is 1.85 bits per heavy atom. The number of esters is 1. The lowest BCUT2D eigenvalue weighted by molar-refractivity contribution is -0.257. The maximum Gasteiger partial charge on any atom is 0.310 e. The summed E-state index contributed by atoms with van der Waals surface area (Å²) in [5.74, 6) is 0.828. The first-order chi connectivity index (χ1) is 15.8. The van der Waals surface area contributed by atoms with E-state index in [1.807, 2.05) is 0 Å². The zero-order valence-electron chi connectivity index (χ0n) is 20.5. The minimum Gasteiger partial charge on any atom is -0.497 e. The average molecular weight is 453 g/mol. The van der Waals surface area contributed by atoms with E-state index in [1.165, 1.54) is 18.2 Å². The molecule has 0 spiro atoms. The van der Waals surface area contributed by atoms with Crippen molar-refractivity contribution in [2.45, 2.75) is 58.2 Å². The smallest absolute Gasteiger partial charge is 0.310 e. The summed E-state index contributed by atoms with van der Waals surface area (Å²) < 4.78 is 23.7. The van der Waals surface area contributed by atoms with Gasteiger partial charge in [-0.15, -0.1) is 0 Å². The van der Waals surface area contributed by atoms with E-state index in [0.29, 0.717) is 25.0 Å². The molecular weight excluding hydrogens is 416 g/mol. The third-order valence-electron chi connectivity index (χ3n) is 10.8. The predicted octanol–water partition coefficient (Wildman–Crippen LogP) is 4.89. The Kier molecular flexibility index (Phi) is 4.50. The maximum absolute atomic E-state index is 13.4. The van der Waals surface area contributed by atoms with Crippen LogP contribution < -0.4 is 4.74 Å². The molecule has 0 amide bonds. The lowest BCUT2D eigenvalue weighted by Gasteiger charge is -2.60. The third-order valence-corrected chi connectivity index (χ3v) is 10.8. The number of benzene rings is 1. The summed E-state index contributed by atoms with van der Waals surface area (Å²) in [6.07, 6.45) is 9.13. The van der Waals surface area contributed by atoms with Crippen LogP contribution in [0.15, 0.2) is 30.4 Å². The molecule has 1 heterocycles. The van der Waals surface area contributed by atoms with E-state index in [1.54, 1.807) is 7.11 Å². The van der Waals surface area contributed by atoms with E-state index in [9.17, 15) is 4.79 Å². The molecule has 5 nitrogen and oxygen atoms in total. The van der Waals surface area contributed by atoms with Crippen molar-refractivity contribution in [2.24, 2.45) is 34.0 Å². The SMILES string of the molecule is COC(=O)[C@@H]1[C@@H](C)C23C=C[C@@]1(C1(C)OCCO1)[C@@]2(C)CC[C@@H]1c2ccc(OC)cc2CC[C@H]13. The number of methoxy groups -OCH3 is 2. The van der Waals surface area contributed by atoms with Gasteiger partial charge in [0, 0.05) is 5.41 Å². The molecule has 4 aliphatic carbocycles. The third kappa shape index (κ3) is 2.25. The molecule has 1 aromatic rings. The summed E-state index contributed by atoms with van der Waals surface area (Å²) in [4.78, 5) is 13.4. The molecule has 1 aliphatic heterocycles. The normalized spacial score (nSPS) is 44.2. The van der Waals surface area contributed by atoms with Gasteiger partial charge in [0.1, 0.15) is 5.75 Å². The molecule has 2 saturated carbocycles. The van der Waals surface area contributed by atoms with Crippen molar-refractivity contribution in [1.29, 1.82) is 0 Å². The van der Waals surface area contributed by atoms with Gasteiger partial charge >= 0.3 is 5.97 Å². The van der Waals surface area contributed by atoms with E-state index >= 15 is 0 Å². The molecule has 0 radical (unpaired) electrons. The Hall–Kier alpha value is -1.85. The largest absolute Gasteiger partial charge is 0.497 e. The Labute approximate surface area is 196 Å². The van der Waals surface area contributed by atoms with Crippen LogP contribution in [0.1, 0.15) is 57.1 Å². The van der Waals surface area contributed by atoms with Crippen LogP contribution in [0, 0.1) is 34.0 Å². The number of aryl methyl sites for hydroxylation is 1. The highest BCUT2D eigenvalue weighted by atomic mass is 16.7.